The van der Waals surface area contributed by atoms with Crippen LogP contribution in [0.25, 0.3) is 0 Å². The SMILES string of the molecule is O=C1CCC[C@H](c2ccncc2)C1. The summed E-state index contributed by atoms with van der Waals surface area (Å²) in [4.78, 5) is 15.2. The third-order valence-corrected chi connectivity index (χ3v) is 2.66. The van der Waals surface area contributed by atoms with Gasteiger partial charge in [-0.2, -0.15) is 0 Å². The van der Waals surface area contributed by atoms with Crippen LogP contribution in [0.2, 0.25) is 0 Å². The second-order valence-electron chi connectivity index (χ2n) is 3.61. The Morgan fingerprint density at radius 1 is 1.31 bits per heavy atom. The monoisotopic (exact) mass is 175 g/mol. The third kappa shape index (κ3) is 1.94. The summed E-state index contributed by atoms with van der Waals surface area (Å²) < 4.78 is 0. The molecule has 1 aliphatic carbocycles. The molecule has 1 fully saturated rings. The van der Waals surface area contributed by atoms with Crippen LogP contribution < -0.4 is 0 Å². The van der Waals surface area contributed by atoms with Crippen LogP contribution in [0.4, 0.5) is 0 Å². The Labute approximate surface area is 78.0 Å². The third-order valence-electron chi connectivity index (χ3n) is 2.66. The highest BCUT2D eigenvalue weighted by Crippen LogP contribution is 2.30. The van der Waals surface area contributed by atoms with E-state index in [2.05, 4.69) is 4.98 Å². The highest BCUT2D eigenvalue weighted by atomic mass is 16.1. The van der Waals surface area contributed by atoms with Crippen LogP contribution in [-0.2, 0) is 4.79 Å². The molecule has 0 bridgehead atoms. The normalized spacial score (nSPS) is 23.1. The van der Waals surface area contributed by atoms with Crippen molar-refractivity contribution in [1.82, 2.24) is 4.98 Å². The van der Waals surface area contributed by atoms with Crippen molar-refractivity contribution in [3.8, 4) is 0 Å². The van der Waals surface area contributed by atoms with Crippen molar-refractivity contribution >= 4 is 5.78 Å². The summed E-state index contributed by atoms with van der Waals surface area (Å²) in [5.74, 6) is 0.859. The van der Waals surface area contributed by atoms with Crippen molar-refractivity contribution in [1.29, 1.82) is 0 Å². The van der Waals surface area contributed by atoms with Crippen molar-refractivity contribution in [3.63, 3.8) is 0 Å². The molecule has 0 aliphatic heterocycles. The molecule has 0 radical (unpaired) electrons. The van der Waals surface area contributed by atoms with Gasteiger partial charge in [0.05, 0.1) is 0 Å². The number of carbonyl (C=O) groups excluding carboxylic acids is 1. The smallest absolute Gasteiger partial charge is 0.133 e. The summed E-state index contributed by atoms with van der Waals surface area (Å²) >= 11 is 0. The number of pyridine rings is 1. The minimum absolute atomic E-state index is 0.410. The maximum absolute atomic E-state index is 11.2. The Morgan fingerprint density at radius 2 is 2.08 bits per heavy atom. The Hall–Kier alpha value is -1.18. The number of carbonyl (C=O) groups is 1. The largest absolute Gasteiger partial charge is 0.300 e. The van der Waals surface area contributed by atoms with Gasteiger partial charge in [-0.05, 0) is 36.5 Å². The average Bonchev–Trinajstić information content (AvgIpc) is 2.19. The van der Waals surface area contributed by atoms with E-state index in [0.29, 0.717) is 11.7 Å². The van der Waals surface area contributed by atoms with Gasteiger partial charge in [0, 0.05) is 25.2 Å². The predicted octanol–water partition coefficient (Wildman–Crippen LogP) is 2.31. The molecule has 0 saturated heterocycles. The molecule has 1 heterocycles. The fourth-order valence-corrected chi connectivity index (χ4v) is 1.94. The number of hydrogen-bond donors (Lipinski definition) is 0. The molecule has 0 unspecified atom stereocenters. The first-order valence-corrected chi connectivity index (χ1v) is 4.78. The van der Waals surface area contributed by atoms with Gasteiger partial charge in [0.25, 0.3) is 0 Å². The zero-order valence-corrected chi connectivity index (χ0v) is 7.57. The van der Waals surface area contributed by atoms with Crippen molar-refractivity contribution < 1.29 is 4.79 Å². The van der Waals surface area contributed by atoms with Crippen molar-refractivity contribution in [3.05, 3.63) is 30.1 Å². The van der Waals surface area contributed by atoms with Gasteiger partial charge in [-0.1, -0.05) is 0 Å². The lowest BCUT2D eigenvalue weighted by Gasteiger charge is -2.20. The first kappa shape index (κ1) is 8.42. The molecule has 0 spiro atoms. The number of ketones is 1. The maximum Gasteiger partial charge on any atom is 0.133 e. The molecule has 2 nitrogen and oxygen atoms in total. The molecule has 1 atom stereocenters. The Bertz CT molecular complexity index is 294. The lowest BCUT2D eigenvalue weighted by atomic mass is 9.84. The molecule has 1 aliphatic rings. The van der Waals surface area contributed by atoms with E-state index >= 15 is 0 Å². The molecule has 2 rings (SSSR count). The molecule has 1 aromatic heterocycles. The fraction of sp³-hybridized carbons (Fsp3) is 0.455. The Balaban J connectivity index is 2.13. The summed E-state index contributed by atoms with van der Waals surface area (Å²) in [5.41, 5.74) is 1.27. The minimum atomic E-state index is 0.410. The quantitative estimate of drug-likeness (QED) is 0.655. The standard InChI is InChI=1S/C11H13NO/c13-11-3-1-2-10(8-11)9-4-6-12-7-5-9/h4-7,10H,1-3,8H2/t10-/m0/s1. The molecule has 0 amide bonds. The molecule has 0 aromatic carbocycles. The molecular weight excluding hydrogens is 162 g/mol. The van der Waals surface area contributed by atoms with Gasteiger partial charge in [0.15, 0.2) is 0 Å². The molecule has 2 heteroatoms. The Kier molecular flexibility index (Phi) is 2.39. The fourth-order valence-electron chi connectivity index (χ4n) is 1.94. The summed E-state index contributed by atoms with van der Waals surface area (Å²) in [6.45, 7) is 0. The van der Waals surface area contributed by atoms with Gasteiger partial charge in [-0.25, -0.2) is 0 Å². The van der Waals surface area contributed by atoms with Crippen molar-refractivity contribution in [2.45, 2.75) is 31.6 Å². The van der Waals surface area contributed by atoms with Crippen LogP contribution in [0.5, 0.6) is 0 Å². The lowest BCUT2D eigenvalue weighted by Crippen LogP contribution is -2.13. The molecule has 1 aromatic rings. The number of Topliss-reactive ketones (excluding diaryl/α,β-unsaturated/α-hetero) is 1. The van der Waals surface area contributed by atoms with Gasteiger partial charge in [-0.15, -0.1) is 0 Å². The van der Waals surface area contributed by atoms with Gasteiger partial charge < -0.3 is 0 Å². The van der Waals surface area contributed by atoms with Gasteiger partial charge in [0.2, 0.25) is 0 Å². The highest BCUT2D eigenvalue weighted by Gasteiger charge is 2.20. The van der Waals surface area contributed by atoms with Crippen LogP contribution in [0.3, 0.4) is 0 Å². The average molecular weight is 175 g/mol. The summed E-state index contributed by atoms with van der Waals surface area (Å²) in [5, 5.41) is 0. The van der Waals surface area contributed by atoms with Crippen LogP contribution in [0, 0.1) is 0 Å². The van der Waals surface area contributed by atoms with Gasteiger partial charge in [0.1, 0.15) is 5.78 Å². The van der Waals surface area contributed by atoms with E-state index in [4.69, 9.17) is 0 Å². The van der Waals surface area contributed by atoms with E-state index in [-0.39, 0.29) is 0 Å². The van der Waals surface area contributed by atoms with E-state index in [0.717, 1.165) is 25.7 Å². The number of aromatic nitrogens is 1. The molecule has 13 heavy (non-hydrogen) atoms. The van der Waals surface area contributed by atoms with Crippen LogP contribution in [0.15, 0.2) is 24.5 Å². The minimum Gasteiger partial charge on any atom is -0.300 e. The first-order valence-electron chi connectivity index (χ1n) is 4.78. The van der Waals surface area contributed by atoms with Crippen LogP contribution >= 0.6 is 0 Å². The van der Waals surface area contributed by atoms with E-state index in [9.17, 15) is 4.79 Å². The van der Waals surface area contributed by atoms with Crippen LogP contribution in [0.1, 0.15) is 37.2 Å². The second-order valence-corrected chi connectivity index (χ2v) is 3.61. The maximum atomic E-state index is 11.2. The van der Waals surface area contributed by atoms with E-state index in [1.54, 1.807) is 12.4 Å². The molecular formula is C11H13NO. The van der Waals surface area contributed by atoms with Crippen LogP contribution in [-0.4, -0.2) is 10.8 Å². The number of rotatable bonds is 1. The van der Waals surface area contributed by atoms with Gasteiger partial charge >= 0.3 is 0 Å². The number of hydrogen-bond acceptors (Lipinski definition) is 2. The molecule has 68 valence electrons. The lowest BCUT2D eigenvalue weighted by molar-refractivity contribution is -0.120. The van der Waals surface area contributed by atoms with E-state index < -0.39 is 0 Å². The second kappa shape index (κ2) is 3.69. The predicted molar refractivity (Wildman–Crippen MR) is 50.5 cm³/mol. The topological polar surface area (TPSA) is 30.0 Å². The highest BCUT2D eigenvalue weighted by molar-refractivity contribution is 5.80. The summed E-state index contributed by atoms with van der Waals surface area (Å²) in [6.07, 6.45) is 7.30. The van der Waals surface area contributed by atoms with Crippen molar-refractivity contribution in [2.75, 3.05) is 0 Å². The zero-order valence-electron chi connectivity index (χ0n) is 7.57. The zero-order chi connectivity index (χ0) is 9.10. The van der Waals surface area contributed by atoms with Crippen molar-refractivity contribution in [2.24, 2.45) is 0 Å². The summed E-state index contributed by atoms with van der Waals surface area (Å²) in [6, 6.07) is 4.03. The number of nitrogens with zero attached hydrogens (tertiary/aromatic N) is 1. The van der Waals surface area contributed by atoms with E-state index in [1.807, 2.05) is 12.1 Å². The van der Waals surface area contributed by atoms with Gasteiger partial charge in [-0.3, -0.25) is 9.78 Å². The molecule has 0 N–H and O–H groups in total. The Morgan fingerprint density at radius 3 is 2.77 bits per heavy atom. The van der Waals surface area contributed by atoms with E-state index in [1.165, 1.54) is 5.56 Å². The molecule has 1 saturated carbocycles. The summed E-state index contributed by atoms with van der Waals surface area (Å²) in [7, 11) is 0. The first-order chi connectivity index (χ1) is 6.36.